The maximum atomic E-state index is 13.2. The van der Waals surface area contributed by atoms with Crippen LogP contribution in [-0.2, 0) is 14.8 Å². The van der Waals surface area contributed by atoms with Crippen molar-refractivity contribution in [2.24, 2.45) is 0 Å². The Labute approximate surface area is 168 Å². The topological polar surface area (TPSA) is 84.9 Å². The molecule has 0 atom stereocenters. The third kappa shape index (κ3) is 4.02. The van der Waals surface area contributed by atoms with Gasteiger partial charge in [-0.25, -0.2) is 8.42 Å². The number of para-hydroxylation sites is 1. The van der Waals surface area contributed by atoms with Gasteiger partial charge in [0.2, 0.25) is 12.7 Å². The van der Waals surface area contributed by atoms with Crippen LogP contribution >= 0.6 is 0 Å². The molecule has 0 unspecified atom stereocenters. The first-order valence-corrected chi connectivity index (χ1v) is 10.3. The van der Waals surface area contributed by atoms with Crippen LogP contribution in [0.25, 0.3) is 0 Å². The Bertz CT molecular complexity index is 1120. The minimum absolute atomic E-state index is 0.111. The van der Waals surface area contributed by atoms with Crippen molar-refractivity contribution in [2.75, 3.05) is 23.0 Å². The van der Waals surface area contributed by atoms with Crippen LogP contribution in [0.4, 0.5) is 11.4 Å². The van der Waals surface area contributed by atoms with Gasteiger partial charge >= 0.3 is 0 Å². The molecule has 148 valence electrons. The van der Waals surface area contributed by atoms with Crippen molar-refractivity contribution in [3.63, 3.8) is 0 Å². The van der Waals surface area contributed by atoms with Crippen LogP contribution in [0.15, 0.2) is 83.8 Å². The number of hydrogen-bond acceptors (Lipinski definition) is 5. The van der Waals surface area contributed by atoms with Crippen LogP contribution in [0.1, 0.15) is 0 Å². The lowest BCUT2D eigenvalue weighted by Gasteiger charge is -2.24. The van der Waals surface area contributed by atoms with Crippen molar-refractivity contribution in [2.45, 2.75) is 4.90 Å². The van der Waals surface area contributed by atoms with Crippen LogP contribution in [0.5, 0.6) is 11.5 Å². The molecular weight excluding hydrogens is 392 g/mol. The van der Waals surface area contributed by atoms with Gasteiger partial charge in [0.05, 0.1) is 10.6 Å². The maximum absolute atomic E-state index is 13.2. The van der Waals surface area contributed by atoms with E-state index in [-0.39, 0.29) is 18.2 Å². The summed E-state index contributed by atoms with van der Waals surface area (Å²) in [5, 5.41) is 2.71. The number of benzene rings is 3. The predicted molar refractivity (Wildman–Crippen MR) is 109 cm³/mol. The summed E-state index contributed by atoms with van der Waals surface area (Å²) < 4.78 is 38.0. The number of carbonyl (C=O) groups is 1. The molecule has 0 saturated carbocycles. The van der Waals surface area contributed by atoms with Crippen molar-refractivity contribution in [3.05, 3.63) is 78.9 Å². The van der Waals surface area contributed by atoms with E-state index < -0.39 is 15.9 Å². The summed E-state index contributed by atoms with van der Waals surface area (Å²) in [4.78, 5) is 12.8. The van der Waals surface area contributed by atoms with E-state index in [0.717, 1.165) is 4.31 Å². The lowest BCUT2D eigenvalue weighted by molar-refractivity contribution is -0.114. The number of amides is 1. The molecule has 3 aromatic carbocycles. The van der Waals surface area contributed by atoms with E-state index in [4.69, 9.17) is 9.47 Å². The molecule has 0 spiro atoms. The van der Waals surface area contributed by atoms with Crippen molar-refractivity contribution < 1.29 is 22.7 Å². The summed E-state index contributed by atoms with van der Waals surface area (Å²) in [5.41, 5.74) is 0.890. The monoisotopic (exact) mass is 410 g/mol. The molecule has 8 heteroatoms. The molecule has 0 radical (unpaired) electrons. The molecule has 0 bridgehead atoms. The van der Waals surface area contributed by atoms with E-state index in [1.807, 2.05) is 0 Å². The average Bonchev–Trinajstić information content (AvgIpc) is 3.21. The first-order chi connectivity index (χ1) is 14.0. The highest BCUT2D eigenvalue weighted by Gasteiger charge is 2.27. The molecule has 3 aromatic rings. The predicted octanol–water partition coefficient (Wildman–Crippen LogP) is 3.25. The molecule has 1 N–H and O–H groups in total. The highest BCUT2D eigenvalue weighted by molar-refractivity contribution is 7.92. The fraction of sp³-hybridized carbons (Fsp3) is 0.0952. The Hall–Kier alpha value is -3.52. The second-order valence-electron chi connectivity index (χ2n) is 6.28. The van der Waals surface area contributed by atoms with Crippen molar-refractivity contribution >= 4 is 27.3 Å². The number of nitrogens with zero attached hydrogens (tertiary/aromatic N) is 1. The number of carbonyl (C=O) groups excluding carboxylic acids is 1. The number of anilines is 2. The fourth-order valence-corrected chi connectivity index (χ4v) is 4.38. The lowest BCUT2D eigenvalue weighted by Crippen LogP contribution is -2.38. The summed E-state index contributed by atoms with van der Waals surface area (Å²) in [6.45, 7) is -0.250. The van der Waals surface area contributed by atoms with Gasteiger partial charge in [-0.1, -0.05) is 36.4 Å². The molecule has 7 nitrogen and oxygen atoms in total. The van der Waals surface area contributed by atoms with E-state index in [9.17, 15) is 13.2 Å². The van der Waals surface area contributed by atoms with Gasteiger partial charge in [0, 0.05) is 11.8 Å². The quantitative estimate of drug-likeness (QED) is 0.674. The minimum Gasteiger partial charge on any atom is -0.454 e. The Morgan fingerprint density at radius 3 is 2.28 bits per heavy atom. The van der Waals surface area contributed by atoms with E-state index in [0.29, 0.717) is 22.9 Å². The molecule has 0 aromatic heterocycles. The summed E-state index contributed by atoms with van der Waals surface area (Å²) in [7, 11) is -3.92. The number of nitrogens with one attached hydrogen (secondary N) is 1. The standard InChI is InChI=1S/C21H18N2O5S/c24-21(22-16-11-12-19-20(13-16)28-15-27-19)14-23(17-7-3-1-4-8-17)29(25,26)18-9-5-2-6-10-18/h1-13H,14-15H2,(H,22,24). The smallest absolute Gasteiger partial charge is 0.264 e. The highest BCUT2D eigenvalue weighted by Crippen LogP contribution is 2.34. The SMILES string of the molecule is O=C(CN(c1ccccc1)S(=O)(=O)c1ccccc1)Nc1ccc2c(c1)OCO2. The van der Waals surface area contributed by atoms with Crippen LogP contribution in [0, 0.1) is 0 Å². The van der Waals surface area contributed by atoms with Gasteiger partial charge in [-0.15, -0.1) is 0 Å². The lowest BCUT2D eigenvalue weighted by atomic mass is 10.2. The van der Waals surface area contributed by atoms with E-state index in [1.165, 1.54) is 12.1 Å². The number of ether oxygens (including phenoxy) is 2. The Kier molecular flexibility index (Phi) is 5.09. The number of hydrogen-bond donors (Lipinski definition) is 1. The molecule has 1 heterocycles. The molecule has 29 heavy (non-hydrogen) atoms. The van der Waals surface area contributed by atoms with Gasteiger partial charge in [0.15, 0.2) is 11.5 Å². The maximum Gasteiger partial charge on any atom is 0.264 e. The Morgan fingerprint density at radius 1 is 0.897 bits per heavy atom. The third-order valence-electron chi connectivity index (χ3n) is 4.32. The summed E-state index contributed by atoms with van der Waals surface area (Å²) in [6, 6.07) is 21.5. The number of rotatable bonds is 6. The Balaban J connectivity index is 1.60. The first kappa shape index (κ1) is 18.8. The fourth-order valence-electron chi connectivity index (χ4n) is 2.93. The zero-order valence-corrected chi connectivity index (χ0v) is 16.1. The molecule has 0 aliphatic carbocycles. The van der Waals surface area contributed by atoms with E-state index >= 15 is 0 Å². The van der Waals surface area contributed by atoms with E-state index in [2.05, 4.69) is 5.32 Å². The zero-order valence-electron chi connectivity index (χ0n) is 15.3. The third-order valence-corrected chi connectivity index (χ3v) is 6.11. The van der Waals surface area contributed by atoms with Crippen molar-refractivity contribution in [3.8, 4) is 11.5 Å². The van der Waals surface area contributed by atoms with Gasteiger partial charge in [-0.3, -0.25) is 9.10 Å². The van der Waals surface area contributed by atoms with Gasteiger partial charge in [-0.05, 0) is 36.4 Å². The first-order valence-electron chi connectivity index (χ1n) is 8.86. The molecule has 1 aliphatic rings. The Morgan fingerprint density at radius 2 is 1.55 bits per heavy atom. The van der Waals surface area contributed by atoms with Crippen molar-refractivity contribution in [1.29, 1.82) is 0 Å². The van der Waals surface area contributed by atoms with Crippen LogP contribution < -0.4 is 19.1 Å². The number of fused-ring (bicyclic) bond motifs is 1. The largest absolute Gasteiger partial charge is 0.454 e. The summed E-state index contributed by atoms with van der Waals surface area (Å²) in [5.74, 6) is 0.646. The molecular formula is C21H18N2O5S. The van der Waals surface area contributed by atoms with Gasteiger partial charge in [0.1, 0.15) is 6.54 Å². The minimum atomic E-state index is -3.92. The molecule has 0 fully saturated rings. The average molecular weight is 410 g/mol. The second-order valence-corrected chi connectivity index (χ2v) is 8.14. The molecule has 0 saturated heterocycles. The van der Waals surface area contributed by atoms with E-state index in [1.54, 1.807) is 66.7 Å². The highest BCUT2D eigenvalue weighted by atomic mass is 32.2. The summed E-state index contributed by atoms with van der Waals surface area (Å²) in [6.07, 6.45) is 0. The van der Waals surface area contributed by atoms with Gasteiger partial charge in [-0.2, -0.15) is 0 Å². The zero-order chi connectivity index (χ0) is 20.3. The summed E-state index contributed by atoms with van der Waals surface area (Å²) >= 11 is 0. The molecule has 4 rings (SSSR count). The van der Waals surface area contributed by atoms with Gasteiger partial charge < -0.3 is 14.8 Å². The number of sulfonamides is 1. The molecule has 1 aliphatic heterocycles. The van der Waals surface area contributed by atoms with Crippen LogP contribution in [-0.4, -0.2) is 27.7 Å². The van der Waals surface area contributed by atoms with Crippen molar-refractivity contribution in [1.82, 2.24) is 0 Å². The second kappa shape index (κ2) is 7.84. The van der Waals surface area contributed by atoms with Gasteiger partial charge in [0.25, 0.3) is 10.0 Å². The normalized spacial score (nSPS) is 12.4. The van der Waals surface area contributed by atoms with Crippen LogP contribution in [0.3, 0.4) is 0 Å². The molecule has 1 amide bonds. The van der Waals surface area contributed by atoms with Crippen LogP contribution in [0.2, 0.25) is 0 Å².